The number of nitrogens with one attached hydrogen (secondary N) is 1. The molecule has 0 spiro atoms. The minimum absolute atomic E-state index is 0.0371. The first kappa shape index (κ1) is 93.5. The fourth-order valence-electron chi connectivity index (χ4n) is 15.2. The van der Waals surface area contributed by atoms with E-state index >= 15 is 4.79 Å². The van der Waals surface area contributed by atoms with Gasteiger partial charge in [0, 0.05) is 32.5 Å². The molecule has 0 saturated carbocycles. The van der Waals surface area contributed by atoms with E-state index in [2.05, 4.69) is 5.32 Å². The van der Waals surface area contributed by atoms with Crippen molar-refractivity contribution in [3.05, 3.63) is 353 Å². The molecule has 0 bridgehead atoms. The SMILES string of the molecule is COc1ccc(CO[C@@H]2[C@@H](NC(=O)OCC(Cl)(Cl)Cl)[C@H](O[C@H]3[C@@H](OCc4ccccc4)[C@@H](COCc4ccccc4)O[C@@H](O[C@H]4[C@H](OCc5ccccc5)[C@@H](Cc5ccccc5)[C@H](OCCCCCN(Cc5ccccc5)C(=O)OCc5ccccc5)O[C@@H]4COCc4ccccc4)[C@@H]3OC(=O)c3ccccc3)O[C@H](COC(C)=O)[C@H]2OCc2ccccc2)cc1. The molecule has 3 aliphatic rings. The van der Waals surface area contributed by atoms with Crippen LogP contribution in [0.5, 0.6) is 5.75 Å². The van der Waals surface area contributed by atoms with Crippen molar-refractivity contribution in [3.63, 3.8) is 0 Å². The number of amides is 2. The van der Waals surface area contributed by atoms with Crippen molar-refractivity contribution in [1.82, 2.24) is 10.2 Å². The molecule has 3 aliphatic heterocycles. The summed E-state index contributed by atoms with van der Waals surface area (Å²) < 4.78 is 115. The van der Waals surface area contributed by atoms with Gasteiger partial charge in [-0.2, -0.15) is 0 Å². The van der Waals surface area contributed by atoms with E-state index in [1.807, 2.05) is 255 Å². The van der Waals surface area contributed by atoms with Gasteiger partial charge in [-0.3, -0.25) is 4.79 Å². The van der Waals surface area contributed by atoms with E-state index in [0.29, 0.717) is 50.1 Å². The summed E-state index contributed by atoms with van der Waals surface area (Å²) in [4.78, 5) is 59.6. The maximum atomic E-state index is 15.7. The van der Waals surface area contributed by atoms with E-state index in [1.54, 1.807) is 54.5 Å². The second kappa shape index (κ2) is 49.3. The lowest BCUT2D eigenvalue weighted by Gasteiger charge is -2.52. The Hall–Kier alpha value is -10.1. The Kier molecular flexibility index (Phi) is 36.6. The zero-order valence-electron chi connectivity index (χ0n) is 70.3. The first-order valence-corrected chi connectivity index (χ1v) is 43.5. The van der Waals surface area contributed by atoms with Gasteiger partial charge in [0.25, 0.3) is 0 Å². The van der Waals surface area contributed by atoms with Gasteiger partial charge in [0.1, 0.15) is 80.4 Å². The number of methoxy groups -OCH3 is 1. The molecule has 664 valence electrons. The Morgan fingerprint density at radius 3 is 1.32 bits per heavy atom. The zero-order valence-corrected chi connectivity index (χ0v) is 72.6. The van der Waals surface area contributed by atoms with Crippen LogP contribution in [0, 0.1) is 5.92 Å². The van der Waals surface area contributed by atoms with E-state index in [0.717, 1.165) is 44.5 Å². The molecule has 3 fully saturated rings. The average molecular weight is 1780 g/mol. The number of benzene rings is 10. The lowest BCUT2D eigenvalue weighted by atomic mass is 9.85. The standard InChI is InChI=1S/C100H107Cl3N2O21/c1-70(106)114-68-85-88(116-62-76-43-23-8-24-44-76)91(118-64-79-51-53-81(110-2)54-52-79)86(104-98(108)120-69-100(101,102)103)96(122-85)126-92-89(117-63-77-45-25-9-26-46-77)83(66-111-59-73-37-17-5-18-38-73)123-97(93(92)124-94(107)80-49-29-11-30-50-80)125-90-84(67-112-60-74-39-19-6-20-40-74)121-95(82(57-71-33-13-3-14-34-71)87(90)115-61-75-41-21-7-22-42-75)113-56-32-12-31-55-105(58-72-35-15-4-16-36-72)99(109)119-65-78-47-27-10-28-48-78/h3-11,13-30,33-54,82-93,95-97H,12,31-32,55-69H2,1-2H3,(H,104,108)/t82-,83-,84-,85-,86-,87-,88-,89+,90-,91-,92+,93-,95-,96+,97+/m1/s1. The summed E-state index contributed by atoms with van der Waals surface area (Å²) in [5.41, 5.74) is 7.59. The molecule has 0 aromatic heterocycles. The Bertz CT molecular complexity index is 4820. The number of ether oxygens (including phenoxy) is 17. The van der Waals surface area contributed by atoms with E-state index < -0.39 is 133 Å². The van der Waals surface area contributed by atoms with E-state index in [-0.39, 0.29) is 71.6 Å². The molecule has 26 heteroatoms. The van der Waals surface area contributed by atoms with Crippen molar-refractivity contribution in [2.75, 3.05) is 46.7 Å². The fraction of sp³-hybridized carbons (Fsp3) is 0.360. The van der Waals surface area contributed by atoms with Crippen molar-refractivity contribution in [2.45, 2.75) is 175 Å². The van der Waals surface area contributed by atoms with Crippen LogP contribution in [0.3, 0.4) is 0 Å². The number of unbranched alkanes of at least 4 members (excludes halogenated alkanes) is 2. The van der Waals surface area contributed by atoms with Gasteiger partial charge in [-0.15, -0.1) is 0 Å². The van der Waals surface area contributed by atoms with Crippen LogP contribution in [0.2, 0.25) is 0 Å². The van der Waals surface area contributed by atoms with Gasteiger partial charge in [-0.1, -0.05) is 308 Å². The third-order valence-corrected chi connectivity index (χ3v) is 21.9. The summed E-state index contributed by atoms with van der Waals surface area (Å²) >= 11 is 18.9. The number of alkyl carbamates (subject to hydrolysis) is 1. The predicted molar refractivity (Wildman–Crippen MR) is 472 cm³/mol. The molecule has 3 heterocycles. The molecule has 13 rings (SSSR count). The maximum Gasteiger partial charge on any atom is 0.410 e. The smallest absolute Gasteiger partial charge is 0.410 e. The van der Waals surface area contributed by atoms with E-state index in [4.69, 9.17) is 115 Å². The first-order valence-electron chi connectivity index (χ1n) is 42.4. The molecule has 126 heavy (non-hydrogen) atoms. The lowest BCUT2D eigenvalue weighted by molar-refractivity contribution is -0.379. The quantitative estimate of drug-likeness (QED) is 0.0161. The van der Waals surface area contributed by atoms with Crippen molar-refractivity contribution in [2.24, 2.45) is 5.92 Å². The van der Waals surface area contributed by atoms with E-state index in [1.165, 1.54) is 6.92 Å². The molecular weight excluding hydrogens is 1670 g/mol. The molecule has 10 aromatic rings. The zero-order chi connectivity index (χ0) is 87.5. The summed E-state index contributed by atoms with van der Waals surface area (Å²) in [5, 5.41) is 2.96. The second-order valence-corrected chi connectivity index (χ2v) is 33.4. The molecule has 3 saturated heterocycles. The largest absolute Gasteiger partial charge is 0.497 e. The number of hydrogen-bond acceptors (Lipinski definition) is 21. The van der Waals surface area contributed by atoms with Crippen LogP contribution in [0.15, 0.2) is 297 Å². The average Bonchev–Trinajstić information content (AvgIpc) is 0.758. The Labute approximate surface area is 750 Å². The predicted octanol–water partition coefficient (Wildman–Crippen LogP) is 17.9. The highest BCUT2D eigenvalue weighted by Gasteiger charge is 2.58. The summed E-state index contributed by atoms with van der Waals surface area (Å²) in [7, 11) is 1.56. The van der Waals surface area contributed by atoms with Crippen molar-refractivity contribution in [1.29, 1.82) is 0 Å². The fourth-order valence-corrected chi connectivity index (χ4v) is 15.4. The molecule has 10 aromatic carbocycles. The van der Waals surface area contributed by atoms with E-state index in [9.17, 15) is 14.4 Å². The molecule has 0 radical (unpaired) electrons. The van der Waals surface area contributed by atoms with Gasteiger partial charge >= 0.3 is 24.1 Å². The number of esters is 2. The molecule has 15 atom stereocenters. The summed E-state index contributed by atoms with van der Waals surface area (Å²) in [6.07, 6.45) is -17.0. The van der Waals surface area contributed by atoms with Crippen molar-refractivity contribution >= 4 is 58.9 Å². The van der Waals surface area contributed by atoms with Crippen LogP contribution >= 0.6 is 34.8 Å². The number of carbonyl (C=O) groups excluding carboxylic acids is 4. The summed E-state index contributed by atoms with van der Waals surface area (Å²) in [5.74, 6) is -1.61. The normalized spacial score (nSPS) is 22.3. The maximum absolute atomic E-state index is 15.7. The number of nitrogens with zero attached hydrogens (tertiary/aromatic N) is 1. The van der Waals surface area contributed by atoms with Crippen LogP contribution in [0.4, 0.5) is 9.59 Å². The molecular formula is C100H107Cl3N2O21. The minimum atomic E-state index is -2.08. The molecule has 2 amide bonds. The highest BCUT2D eigenvalue weighted by atomic mass is 35.6. The van der Waals surface area contributed by atoms with Crippen LogP contribution < -0.4 is 10.1 Å². The number of hydrogen-bond donors (Lipinski definition) is 1. The number of rotatable bonds is 44. The molecule has 1 N–H and O–H groups in total. The molecule has 0 aliphatic carbocycles. The Morgan fingerprint density at radius 2 is 0.810 bits per heavy atom. The minimum Gasteiger partial charge on any atom is -0.497 e. The monoisotopic (exact) mass is 1780 g/mol. The van der Waals surface area contributed by atoms with Gasteiger partial charge in [-0.05, 0) is 100 Å². The second-order valence-electron chi connectivity index (χ2n) is 30.9. The van der Waals surface area contributed by atoms with Crippen LogP contribution in [-0.4, -0.2) is 165 Å². The lowest BCUT2D eigenvalue weighted by Crippen LogP contribution is -2.70. The number of halogens is 3. The van der Waals surface area contributed by atoms with Gasteiger partial charge in [0.2, 0.25) is 3.79 Å². The summed E-state index contributed by atoms with van der Waals surface area (Å²) in [6.45, 7) is 0.891. The van der Waals surface area contributed by atoms with Gasteiger partial charge in [0.05, 0.1) is 71.6 Å². The first-order chi connectivity index (χ1) is 61.6. The van der Waals surface area contributed by atoms with Crippen LogP contribution in [0.25, 0.3) is 0 Å². The van der Waals surface area contributed by atoms with Crippen molar-refractivity contribution in [3.8, 4) is 5.75 Å². The van der Waals surface area contributed by atoms with Crippen LogP contribution in [0.1, 0.15) is 86.6 Å². The highest BCUT2D eigenvalue weighted by Crippen LogP contribution is 2.41. The topological polar surface area (TPSA) is 240 Å². The Morgan fingerprint density at radius 1 is 0.389 bits per heavy atom. The third-order valence-electron chi connectivity index (χ3n) is 21.5. The molecule has 23 nitrogen and oxygen atoms in total. The van der Waals surface area contributed by atoms with Gasteiger partial charge < -0.3 is 90.7 Å². The number of alkyl halides is 3. The Balaban J connectivity index is 0.925. The third kappa shape index (κ3) is 29.2. The van der Waals surface area contributed by atoms with Crippen molar-refractivity contribution < 1.29 is 99.7 Å². The van der Waals surface area contributed by atoms with Gasteiger partial charge in [-0.25, -0.2) is 14.4 Å². The molecule has 0 unspecified atom stereocenters. The van der Waals surface area contributed by atoms with Gasteiger partial charge in [0.15, 0.2) is 25.0 Å². The highest BCUT2D eigenvalue weighted by molar-refractivity contribution is 6.67. The summed E-state index contributed by atoms with van der Waals surface area (Å²) in [6, 6.07) is 91.2. The van der Waals surface area contributed by atoms with Crippen LogP contribution in [-0.2, 0) is 140 Å². The number of carbonyl (C=O) groups is 4.